The molecular weight excluding hydrogens is 236 g/mol. The van der Waals surface area contributed by atoms with Gasteiger partial charge >= 0.3 is 18.5 Å². The fraction of sp³-hybridized carbons (Fsp3) is 0.200. The first-order valence-corrected chi connectivity index (χ1v) is 4.47. The number of rotatable bonds is 3. The van der Waals surface area contributed by atoms with E-state index >= 15 is 0 Å². The van der Waals surface area contributed by atoms with Gasteiger partial charge < -0.3 is 14.8 Å². The van der Waals surface area contributed by atoms with Crippen LogP contribution in [0.15, 0.2) is 24.3 Å². The summed E-state index contributed by atoms with van der Waals surface area (Å²) in [7, 11) is 1.07. The van der Waals surface area contributed by atoms with Gasteiger partial charge in [0.25, 0.3) is 0 Å². The molecule has 0 fully saturated rings. The quantitative estimate of drug-likeness (QED) is 0.645. The van der Waals surface area contributed by atoms with Crippen molar-refractivity contribution in [1.29, 1.82) is 0 Å². The van der Waals surface area contributed by atoms with Crippen LogP contribution in [0.2, 0.25) is 0 Å². The zero-order chi connectivity index (χ0) is 12.8. The molecular formula is C10H9F2NO4. The average Bonchev–Trinajstić information content (AvgIpc) is 2.30. The average molecular weight is 245 g/mol. The van der Waals surface area contributed by atoms with Crippen LogP contribution in [0.5, 0.6) is 5.75 Å². The molecule has 0 aliphatic rings. The number of methoxy groups -OCH3 is 1. The van der Waals surface area contributed by atoms with E-state index in [0.29, 0.717) is 0 Å². The summed E-state index contributed by atoms with van der Waals surface area (Å²) >= 11 is 0. The molecule has 0 aliphatic heterocycles. The van der Waals surface area contributed by atoms with Gasteiger partial charge in [-0.2, -0.15) is 8.78 Å². The second-order valence-corrected chi connectivity index (χ2v) is 2.85. The van der Waals surface area contributed by atoms with E-state index in [4.69, 9.17) is 0 Å². The lowest BCUT2D eigenvalue weighted by molar-refractivity contribution is -0.150. The Morgan fingerprint density at radius 3 is 2.29 bits per heavy atom. The van der Waals surface area contributed by atoms with Crippen molar-refractivity contribution in [2.75, 3.05) is 12.4 Å². The normalized spacial score (nSPS) is 9.88. The molecule has 1 amide bonds. The van der Waals surface area contributed by atoms with Crippen molar-refractivity contribution in [2.24, 2.45) is 0 Å². The van der Waals surface area contributed by atoms with E-state index in [1.54, 1.807) is 0 Å². The Bertz CT molecular complexity index is 405. The molecule has 0 heterocycles. The third-order valence-electron chi connectivity index (χ3n) is 1.71. The van der Waals surface area contributed by atoms with Crippen LogP contribution in [0.4, 0.5) is 14.5 Å². The number of hydrogen-bond acceptors (Lipinski definition) is 4. The third-order valence-corrected chi connectivity index (χ3v) is 1.71. The van der Waals surface area contributed by atoms with Crippen LogP contribution >= 0.6 is 0 Å². The Kier molecular flexibility index (Phi) is 4.38. The molecule has 0 atom stereocenters. The molecule has 0 aromatic heterocycles. The second kappa shape index (κ2) is 5.78. The third kappa shape index (κ3) is 4.06. The maximum atomic E-state index is 11.8. The predicted octanol–water partition coefficient (Wildman–Crippen LogP) is 1.40. The molecule has 0 saturated heterocycles. The van der Waals surface area contributed by atoms with Crippen molar-refractivity contribution < 1.29 is 27.8 Å². The number of hydrogen-bond donors (Lipinski definition) is 1. The van der Waals surface area contributed by atoms with Gasteiger partial charge in [0.1, 0.15) is 5.75 Å². The van der Waals surface area contributed by atoms with E-state index in [2.05, 4.69) is 14.8 Å². The summed E-state index contributed by atoms with van der Waals surface area (Å²) in [6, 6.07) is 5.11. The van der Waals surface area contributed by atoms with Crippen LogP contribution in [-0.4, -0.2) is 25.6 Å². The molecule has 7 heteroatoms. The van der Waals surface area contributed by atoms with Gasteiger partial charge in [0, 0.05) is 5.69 Å². The monoisotopic (exact) mass is 245 g/mol. The summed E-state index contributed by atoms with van der Waals surface area (Å²) in [5.74, 6) is -2.04. The van der Waals surface area contributed by atoms with E-state index < -0.39 is 18.5 Å². The minimum absolute atomic E-state index is 0.0453. The summed E-state index contributed by atoms with van der Waals surface area (Å²) in [6.45, 7) is -2.91. The summed E-state index contributed by atoms with van der Waals surface area (Å²) in [6.07, 6.45) is 0. The molecule has 92 valence electrons. The fourth-order valence-corrected chi connectivity index (χ4v) is 0.995. The molecule has 1 aromatic rings. The van der Waals surface area contributed by atoms with Gasteiger partial charge in [-0.25, -0.2) is 4.79 Å². The van der Waals surface area contributed by atoms with Crippen LogP contribution in [0.3, 0.4) is 0 Å². The van der Waals surface area contributed by atoms with Crippen LogP contribution in [-0.2, 0) is 14.3 Å². The first kappa shape index (κ1) is 12.9. The minimum atomic E-state index is -2.91. The van der Waals surface area contributed by atoms with Crippen LogP contribution in [0.1, 0.15) is 0 Å². The zero-order valence-electron chi connectivity index (χ0n) is 8.78. The lowest BCUT2D eigenvalue weighted by Gasteiger charge is -2.06. The Hall–Kier alpha value is -2.18. The van der Waals surface area contributed by atoms with Crippen LogP contribution in [0.25, 0.3) is 0 Å². The minimum Gasteiger partial charge on any atom is -0.462 e. The summed E-state index contributed by atoms with van der Waals surface area (Å²) in [5, 5.41) is 2.22. The van der Waals surface area contributed by atoms with E-state index in [0.717, 1.165) is 7.11 Å². The summed E-state index contributed by atoms with van der Waals surface area (Å²) < 4.78 is 32.0. The van der Waals surface area contributed by atoms with Crippen LogP contribution < -0.4 is 10.1 Å². The highest BCUT2D eigenvalue weighted by atomic mass is 19.3. The van der Waals surface area contributed by atoms with E-state index in [9.17, 15) is 18.4 Å². The number of esters is 1. The highest BCUT2D eigenvalue weighted by Gasteiger charge is 2.13. The molecule has 0 saturated carbocycles. The molecule has 1 aromatic carbocycles. The fourth-order valence-electron chi connectivity index (χ4n) is 0.995. The number of amides is 1. The molecule has 0 spiro atoms. The Morgan fingerprint density at radius 1 is 1.24 bits per heavy atom. The van der Waals surface area contributed by atoms with Gasteiger partial charge in [-0.1, -0.05) is 0 Å². The lowest BCUT2D eigenvalue weighted by Crippen LogP contribution is -2.23. The van der Waals surface area contributed by atoms with Crippen molar-refractivity contribution in [3.63, 3.8) is 0 Å². The standard InChI is InChI=1S/C10H9F2NO4/c1-16-9(15)8(14)13-6-2-4-7(5-3-6)17-10(11)12/h2-5,10H,1H3,(H,13,14). The Balaban J connectivity index is 2.62. The zero-order valence-corrected chi connectivity index (χ0v) is 8.78. The molecule has 17 heavy (non-hydrogen) atoms. The number of ether oxygens (including phenoxy) is 2. The number of alkyl halides is 2. The van der Waals surface area contributed by atoms with Gasteiger partial charge in [0.05, 0.1) is 7.11 Å². The number of benzene rings is 1. The van der Waals surface area contributed by atoms with Crippen molar-refractivity contribution in [2.45, 2.75) is 6.61 Å². The number of carbonyl (C=O) groups excluding carboxylic acids is 2. The number of carbonyl (C=O) groups is 2. The Morgan fingerprint density at radius 2 is 1.82 bits per heavy atom. The largest absolute Gasteiger partial charge is 0.462 e. The van der Waals surface area contributed by atoms with Crippen molar-refractivity contribution >= 4 is 17.6 Å². The number of nitrogens with one attached hydrogen (secondary N) is 1. The van der Waals surface area contributed by atoms with Gasteiger partial charge in [-0.3, -0.25) is 4.79 Å². The van der Waals surface area contributed by atoms with E-state index in [1.165, 1.54) is 24.3 Å². The lowest BCUT2D eigenvalue weighted by atomic mass is 10.3. The maximum absolute atomic E-state index is 11.8. The first-order chi connectivity index (χ1) is 8.02. The number of halogens is 2. The second-order valence-electron chi connectivity index (χ2n) is 2.85. The molecule has 0 bridgehead atoms. The van der Waals surface area contributed by atoms with Gasteiger partial charge in [-0.15, -0.1) is 0 Å². The summed E-state index contributed by atoms with van der Waals surface area (Å²) in [4.78, 5) is 21.8. The number of anilines is 1. The topological polar surface area (TPSA) is 64.6 Å². The summed E-state index contributed by atoms with van der Waals surface area (Å²) in [5.41, 5.74) is 0.266. The van der Waals surface area contributed by atoms with Crippen molar-refractivity contribution in [1.82, 2.24) is 0 Å². The first-order valence-electron chi connectivity index (χ1n) is 4.47. The Labute approximate surface area is 95.3 Å². The molecule has 0 radical (unpaired) electrons. The molecule has 0 unspecified atom stereocenters. The van der Waals surface area contributed by atoms with Gasteiger partial charge in [-0.05, 0) is 24.3 Å². The maximum Gasteiger partial charge on any atom is 0.396 e. The predicted molar refractivity (Wildman–Crippen MR) is 53.7 cm³/mol. The molecule has 1 N–H and O–H groups in total. The van der Waals surface area contributed by atoms with Gasteiger partial charge in [0.15, 0.2) is 0 Å². The molecule has 5 nitrogen and oxygen atoms in total. The highest BCUT2D eigenvalue weighted by Crippen LogP contribution is 2.17. The highest BCUT2D eigenvalue weighted by molar-refractivity contribution is 6.37. The van der Waals surface area contributed by atoms with Crippen molar-refractivity contribution in [3.8, 4) is 5.75 Å². The molecule has 0 aliphatic carbocycles. The SMILES string of the molecule is COC(=O)C(=O)Nc1ccc(OC(F)F)cc1. The van der Waals surface area contributed by atoms with Crippen molar-refractivity contribution in [3.05, 3.63) is 24.3 Å². The van der Waals surface area contributed by atoms with E-state index in [1.807, 2.05) is 0 Å². The smallest absolute Gasteiger partial charge is 0.396 e. The van der Waals surface area contributed by atoms with Gasteiger partial charge in [0.2, 0.25) is 0 Å². The van der Waals surface area contributed by atoms with E-state index in [-0.39, 0.29) is 11.4 Å². The van der Waals surface area contributed by atoms with Crippen LogP contribution in [0, 0.1) is 0 Å². The molecule has 1 rings (SSSR count).